The van der Waals surface area contributed by atoms with Crippen LogP contribution < -0.4 is 5.32 Å². The molecular formula is C6H8N2OS. The van der Waals surface area contributed by atoms with Crippen LogP contribution in [0, 0.1) is 0 Å². The maximum absolute atomic E-state index is 10.7. The number of aromatic nitrogens is 1. The van der Waals surface area contributed by atoms with Crippen LogP contribution in [0.5, 0.6) is 0 Å². The minimum Gasteiger partial charge on any atom is -0.379 e. The first kappa shape index (κ1) is 7.21. The van der Waals surface area contributed by atoms with Crippen molar-refractivity contribution >= 4 is 22.1 Å². The quantitative estimate of drug-likeness (QED) is 0.658. The predicted molar refractivity (Wildman–Crippen MR) is 41.7 cm³/mol. The van der Waals surface area contributed by atoms with E-state index < -0.39 is 0 Å². The van der Waals surface area contributed by atoms with E-state index in [1.54, 1.807) is 13.2 Å². The Balaban J connectivity index is 2.88. The Morgan fingerprint density at radius 2 is 2.50 bits per heavy atom. The van der Waals surface area contributed by atoms with Gasteiger partial charge in [0, 0.05) is 14.0 Å². The Labute approximate surface area is 63.1 Å². The number of Topliss-reactive ketones (excluding diaryl/α,β-unsaturated/α-hetero) is 1. The molecule has 1 N–H and O–H groups in total. The lowest BCUT2D eigenvalue weighted by atomic mass is 10.5. The number of carbonyl (C=O) groups is 1. The summed E-state index contributed by atoms with van der Waals surface area (Å²) >= 11 is 1.37. The molecular weight excluding hydrogens is 148 g/mol. The normalized spacial score (nSPS) is 9.40. The van der Waals surface area contributed by atoms with Crippen LogP contribution in [0.4, 0.5) is 5.00 Å². The van der Waals surface area contributed by atoms with Crippen molar-refractivity contribution in [1.82, 2.24) is 4.98 Å². The summed E-state index contributed by atoms with van der Waals surface area (Å²) in [4.78, 5) is 14.6. The van der Waals surface area contributed by atoms with Gasteiger partial charge in [0.1, 0.15) is 5.00 Å². The zero-order valence-corrected chi connectivity index (χ0v) is 6.66. The summed E-state index contributed by atoms with van der Waals surface area (Å²) in [6.07, 6.45) is 1.65. The fourth-order valence-corrected chi connectivity index (χ4v) is 1.22. The zero-order chi connectivity index (χ0) is 7.56. The van der Waals surface area contributed by atoms with Crippen LogP contribution in [0.3, 0.4) is 0 Å². The Kier molecular flexibility index (Phi) is 2.01. The number of nitrogens with one attached hydrogen (secondary N) is 1. The number of hydrogen-bond acceptors (Lipinski definition) is 4. The third-order valence-electron chi connectivity index (χ3n) is 1.05. The lowest BCUT2D eigenvalue weighted by Gasteiger charge is -1.86. The van der Waals surface area contributed by atoms with Gasteiger partial charge in [-0.2, -0.15) is 0 Å². The van der Waals surface area contributed by atoms with E-state index >= 15 is 0 Å². The molecule has 0 bridgehead atoms. The van der Waals surface area contributed by atoms with Crippen molar-refractivity contribution in [2.45, 2.75) is 6.92 Å². The number of ketones is 1. The smallest absolute Gasteiger partial charge is 0.188 e. The number of thiazole rings is 1. The molecule has 0 unspecified atom stereocenters. The lowest BCUT2D eigenvalue weighted by molar-refractivity contribution is 0.101. The molecule has 0 fully saturated rings. The van der Waals surface area contributed by atoms with E-state index in [0.29, 0.717) is 5.01 Å². The van der Waals surface area contributed by atoms with Crippen molar-refractivity contribution in [3.8, 4) is 0 Å². The SMILES string of the molecule is CNc1cnc(C(C)=O)s1. The number of carbonyl (C=O) groups excluding carboxylic acids is 1. The van der Waals surface area contributed by atoms with E-state index in [9.17, 15) is 4.79 Å². The molecule has 0 aromatic carbocycles. The summed E-state index contributed by atoms with van der Waals surface area (Å²) in [5, 5.41) is 4.39. The monoisotopic (exact) mass is 156 g/mol. The predicted octanol–water partition coefficient (Wildman–Crippen LogP) is 1.39. The largest absolute Gasteiger partial charge is 0.379 e. The summed E-state index contributed by atoms with van der Waals surface area (Å²) in [6, 6.07) is 0. The van der Waals surface area contributed by atoms with Crippen molar-refractivity contribution in [1.29, 1.82) is 0 Å². The second kappa shape index (κ2) is 2.79. The second-order valence-electron chi connectivity index (χ2n) is 1.84. The highest BCUT2D eigenvalue weighted by Gasteiger charge is 2.03. The molecule has 0 saturated carbocycles. The Morgan fingerprint density at radius 1 is 1.80 bits per heavy atom. The van der Waals surface area contributed by atoms with E-state index in [1.165, 1.54) is 18.3 Å². The van der Waals surface area contributed by atoms with Crippen molar-refractivity contribution in [2.24, 2.45) is 0 Å². The Morgan fingerprint density at radius 3 is 2.80 bits per heavy atom. The van der Waals surface area contributed by atoms with Crippen LogP contribution in [-0.4, -0.2) is 17.8 Å². The molecule has 0 saturated heterocycles. The number of hydrogen-bond donors (Lipinski definition) is 1. The van der Waals surface area contributed by atoms with Crippen molar-refractivity contribution in [3.63, 3.8) is 0 Å². The van der Waals surface area contributed by atoms with Gasteiger partial charge >= 0.3 is 0 Å². The molecule has 1 heterocycles. The molecule has 0 aliphatic rings. The number of nitrogens with zero attached hydrogens (tertiary/aromatic N) is 1. The van der Waals surface area contributed by atoms with E-state index in [4.69, 9.17) is 0 Å². The summed E-state index contributed by atoms with van der Waals surface area (Å²) < 4.78 is 0. The molecule has 3 nitrogen and oxygen atoms in total. The van der Waals surface area contributed by atoms with Gasteiger partial charge in [0.2, 0.25) is 0 Å². The van der Waals surface area contributed by atoms with E-state index in [1.807, 2.05) is 0 Å². The van der Waals surface area contributed by atoms with Crippen molar-refractivity contribution < 1.29 is 4.79 Å². The van der Waals surface area contributed by atoms with Gasteiger partial charge in [0.25, 0.3) is 0 Å². The summed E-state index contributed by atoms with van der Waals surface area (Å²) in [5.41, 5.74) is 0. The average Bonchev–Trinajstić information content (AvgIpc) is 2.34. The number of rotatable bonds is 2. The van der Waals surface area contributed by atoms with Gasteiger partial charge in [-0.05, 0) is 0 Å². The third-order valence-corrected chi connectivity index (χ3v) is 2.17. The van der Waals surface area contributed by atoms with E-state index in [2.05, 4.69) is 10.3 Å². The highest BCUT2D eigenvalue weighted by molar-refractivity contribution is 7.17. The first-order valence-electron chi connectivity index (χ1n) is 2.88. The molecule has 1 aromatic rings. The van der Waals surface area contributed by atoms with Crippen molar-refractivity contribution in [2.75, 3.05) is 12.4 Å². The van der Waals surface area contributed by atoms with Crippen LogP contribution in [0.15, 0.2) is 6.20 Å². The maximum Gasteiger partial charge on any atom is 0.188 e. The van der Waals surface area contributed by atoms with Gasteiger partial charge in [-0.3, -0.25) is 4.79 Å². The summed E-state index contributed by atoms with van der Waals surface area (Å²) in [5.74, 6) is 0.0199. The summed E-state index contributed by atoms with van der Waals surface area (Å²) in [7, 11) is 1.80. The van der Waals surface area contributed by atoms with Gasteiger partial charge in [-0.1, -0.05) is 11.3 Å². The Hall–Kier alpha value is -0.900. The first-order valence-corrected chi connectivity index (χ1v) is 3.70. The molecule has 0 spiro atoms. The molecule has 4 heteroatoms. The molecule has 10 heavy (non-hydrogen) atoms. The molecule has 0 aliphatic carbocycles. The molecule has 54 valence electrons. The van der Waals surface area contributed by atoms with Crippen LogP contribution >= 0.6 is 11.3 Å². The maximum atomic E-state index is 10.7. The molecule has 1 aromatic heterocycles. The standard InChI is InChI=1S/C6H8N2OS/c1-4(9)6-8-3-5(7-2)10-6/h3,7H,1-2H3. The highest BCUT2D eigenvalue weighted by Crippen LogP contribution is 2.17. The zero-order valence-electron chi connectivity index (χ0n) is 5.84. The van der Waals surface area contributed by atoms with Gasteiger partial charge in [-0.25, -0.2) is 4.98 Å². The Bertz CT molecular complexity index is 244. The lowest BCUT2D eigenvalue weighted by Crippen LogP contribution is -1.87. The molecule has 0 radical (unpaired) electrons. The van der Waals surface area contributed by atoms with Gasteiger partial charge < -0.3 is 5.32 Å². The molecule has 0 atom stereocenters. The average molecular weight is 156 g/mol. The van der Waals surface area contributed by atoms with E-state index in [0.717, 1.165) is 5.00 Å². The number of anilines is 1. The van der Waals surface area contributed by atoms with Crippen LogP contribution in [0.1, 0.15) is 16.7 Å². The molecule has 0 aliphatic heterocycles. The topological polar surface area (TPSA) is 42.0 Å². The van der Waals surface area contributed by atoms with Crippen molar-refractivity contribution in [3.05, 3.63) is 11.2 Å². The minimum absolute atomic E-state index is 0.0199. The fraction of sp³-hybridized carbons (Fsp3) is 0.333. The highest BCUT2D eigenvalue weighted by atomic mass is 32.1. The van der Waals surface area contributed by atoms with Crippen LogP contribution in [-0.2, 0) is 0 Å². The minimum atomic E-state index is 0.0199. The fourth-order valence-electron chi connectivity index (χ4n) is 0.552. The van der Waals surface area contributed by atoms with E-state index in [-0.39, 0.29) is 5.78 Å². The van der Waals surface area contributed by atoms with Gasteiger partial charge in [0.15, 0.2) is 10.8 Å². The third kappa shape index (κ3) is 1.33. The van der Waals surface area contributed by atoms with Gasteiger partial charge in [0.05, 0.1) is 6.20 Å². The van der Waals surface area contributed by atoms with Crippen LogP contribution in [0.2, 0.25) is 0 Å². The molecule has 0 amide bonds. The first-order chi connectivity index (χ1) is 4.74. The summed E-state index contributed by atoms with van der Waals surface area (Å²) in [6.45, 7) is 1.51. The second-order valence-corrected chi connectivity index (χ2v) is 2.87. The van der Waals surface area contributed by atoms with Crippen LogP contribution in [0.25, 0.3) is 0 Å². The van der Waals surface area contributed by atoms with Gasteiger partial charge in [-0.15, -0.1) is 0 Å². The molecule has 1 rings (SSSR count).